The van der Waals surface area contributed by atoms with Crippen molar-refractivity contribution in [1.82, 2.24) is 25.1 Å². The van der Waals surface area contributed by atoms with Crippen LogP contribution in [0.3, 0.4) is 0 Å². The first-order chi connectivity index (χ1) is 19.7. The molecule has 1 aromatic heterocycles. The second kappa shape index (κ2) is 12.5. The number of carboxylic acids is 1. The van der Waals surface area contributed by atoms with E-state index in [2.05, 4.69) is 37.6 Å². The highest BCUT2D eigenvalue weighted by Gasteiger charge is 2.42. The fraction of sp³-hybridized carbons (Fsp3) is 0.581. The van der Waals surface area contributed by atoms with Crippen molar-refractivity contribution in [2.24, 2.45) is 17.8 Å². The Morgan fingerprint density at radius 3 is 2.17 bits per heavy atom. The van der Waals surface area contributed by atoms with Gasteiger partial charge in [-0.1, -0.05) is 43.2 Å². The minimum absolute atomic E-state index is 0.00437. The zero-order chi connectivity index (χ0) is 29.1. The zero-order valence-electron chi connectivity index (χ0n) is 24.3. The third-order valence-electron chi connectivity index (χ3n) is 9.03. The van der Waals surface area contributed by atoms with E-state index in [9.17, 15) is 14.4 Å². The number of carboxylic acid groups (broad SMARTS) is 1. The summed E-state index contributed by atoms with van der Waals surface area (Å²) in [6.45, 7) is 9.26. The molecule has 0 spiro atoms. The smallest absolute Gasteiger partial charge is 0.325 e. The van der Waals surface area contributed by atoms with Crippen molar-refractivity contribution in [1.29, 1.82) is 0 Å². The van der Waals surface area contributed by atoms with Crippen LogP contribution in [0.2, 0.25) is 0 Å². The number of carbonyl (C=O) groups excluding carboxylic acids is 2. The molecule has 2 unspecified atom stereocenters. The van der Waals surface area contributed by atoms with Crippen molar-refractivity contribution in [3.63, 3.8) is 0 Å². The highest BCUT2D eigenvalue weighted by atomic mass is 16.4. The monoisotopic (exact) mass is 562 g/mol. The number of aryl methyl sites for hydroxylation is 2. The molecule has 3 N–H and O–H groups in total. The van der Waals surface area contributed by atoms with Gasteiger partial charge in [-0.05, 0) is 57.4 Å². The van der Waals surface area contributed by atoms with Crippen LogP contribution >= 0.6 is 0 Å². The zero-order valence-corrected chi connectivity index (χ0v) is 24.3. The van der Waals surface area contributed by atoms with Crippen molar-refractivity contribution in [3.8, 4) is 0 Å². The van der Waals surface area contributed by atoms with Gasteiger partial charge in [0.25, 0.3) is 5.91 Å². The van der Waals surface area contributed by atoms with Gasteiger partial charge < -0.3 is 25.5 Å². The summed E-state index contributed by atoms with van der Waals surface area (Å²) >= 11 is 0. The average Bonchev–Trinajstić information content (AvgIpc) is 3.68. The van der Waals surface area contributed by atoms with Crippen LogP contribution in [0.15, 0.2) is 30.3 Å². The molecule has 3 fully saturated rings. The molecule has 4 atom stereocenters. The molecule has 2 aromatic rings. The summed E-state index contributed by atoms with van der Waals surface area (Å²) in [7, 11) is 0. The van der Waals surface area contributed by atoms with E-state index < -0.39 is 12.0 Å². The maximum absolute atomic E-state index is 13.5. The van der Waals surface area contributed by atoms with E-state index in [0.29, 0.717) is 41.9 Å². The number of carbonyl (C=O) groups is 3. The second-order valence-corrected chi connectivity index (χ2v) is 12.0. The van der Waals surface area contributed by atoms with E-state index >= 15 is 0 Å². The number of amides is 2. The number of fused-ring (bicyclic) bond motifs is 1. The molecule has 5 rings (SSSR count). The summed E-state index contributed by atoms with van der Waals surface area (Å²) < 4.78 is 0. The lowest BCUT2D eigenvalue weighted by Gasteiger charge is -2.26. The molecule has 0 bridgehead atoms. The van der Waals surface area contributed by atoms with Crippen LogP contribution in [0.25, 0.3) is 0 Å². The van der Waals surface area contributed by atoms with Crippen molar-refractivity contribution in [2.45, 2.75) is 65.0 Å². The first-order valence-electron chi connectivity index (χ1n) is 14.9. The number of nitrogens with zero attached hydrogens (tertiary/aromatic N) is 4. The predicted molar refractivity (Wildman–Crippen MR) is 155 cm³/mol. The molecule has 1 aromatic carbocycles. The van der Waals surface area contributed by atoms with E-state index in [-0.39, 0.29) is 29.7 Å². The molecular formula is C31H42N6O4. The van der Waals surface area contributed by atoms with E-state index in [1.165, 1.54) is 6.92 Å². The van der Waals surface area contributed by atoms with Crippen molar-refractivity contribution in [2.75, 3.05) is 38.0 Å². The summed E-state index contributed by atoms with van der Waals surface area (Å²) in [6.07, 6.45) is 5.14. The number of anilines is 1. The molecule has 1 saturated carbocycles. The molecule has 2 saturated heterocycles. The van der Waals surface area contributed by atoms with E-state index in [0.717, 1.165) is 57.3 Å². The number of aromatic nitrogens is 2. The van der Waals surface area contributed by atoms with Gasteiger partial charge in [-0.3, -0.25) is 14.4 Å². The highest BCUT2D eigenvalue weighted by molar-refractivity contribution is 5.96. The Hall–Kier alpha value is -3.53. The lowest BCUT2D eigenvalue weighted by molar-refractivity contribution is -0.137. The van der Waals surface area contributed by atoms with Crippen LogP contribution in [0.5, 0.6) is 0 Å². The van der Waals surface area contributed by atoms with Crippen LogP contribution in [0.1, 0.15) is 72.4 Å². The molecule has 10 nitrogen and oxygen atoms in total. The quantitative estimate of drug-likeness (QED) is 0.402. The maximum atomic E-state index is 13.5. The SMILES string of the molecule is Cc1nc(N[C@H](C)C(=O)O)nc(C)c1C(=O)N1CC2CN(CC[C@H](NC(=O)C3CCCC3)c3ccccc3)CC2C1. The molecule has 2 amide bonds. The molecule has 0 radical (unpaired) electrons. The first kappa shape index (κ1) is 29.0. The lowest BCUT2D eigenvalue weighted by Crippen LogP contribution is -2.37. The van der Waals surface area contributed by atoms with Crippen LogP contribution in [0, 0.1) is 31.6 Å². The van der Waals surface area contributed by atoms with Gasteiger partial charge in [0.1, 0.15) is 6.04 Å². The molecular weight excluding hydrogens is 520 g/mol. The number of benzene rings is 1. The van der Waals surface area contributed by atoms with Gasteiger partial charge in [0.2, 0.25) is 11.9 Å². The number of rotatable bonds is 10. The summed E-state index contributed by atoms with van der Waals surface area (Å²) in [6, 6.07) is 9.45. The minimum atomic E-state index is -0.994. The number of aliphatic carboxylic acids is 1. The molecule has 2 aliphatic heterocycles. The molecule has 3 heterocycles. The summed E-state index contributed by atoms with van der Waals surface area (Å²) in [5, 5.41) is 15.3. The Morgan fingerprint density at radius 2 is 1.59 bits per heavy atom. The van der Waals surface area contributed by atoms with Gasteiger partial charge >= 0.3 is 5.97 Å². The Bertz CT molecular complexity index is 1230. The maximum Gasteiger partial charge on any atom is 0.325 e. The lowest BCUT2D eigenvalue weighted by atomic mass is 10.0. The highest BCUT2D eigenvalue weighted by Crippen LogP contribution is 2.33. The number of likely N-dealkylation sites (tertiary alicyclic amines) is 2. The normalized spacial score (nSPS) is 22.4. The topological polar surface area (TPSA) is 128 Å². The molecule has 10 heteroatoms. The molecule has 220 valence electrons. The van der Waals surface area contributed by atoms with Gasteiger partial charge in [0.05, 0.1) is 23.0 Å². The number of hydrogen-bond acceptors (Lipinski definition) is 7. The Kier molecular flexibility index (Phi) is 8.87. The Morgan fingerprint density at radius 1 is 0.976 bits per heavy atom. The van der Waals surface area contributed by atoms with Gasteiger partial charge in [-0.15, -0.1) is 0 Å². The summed E-state index contributed by atoms with van der Waals surface area (Å²) in [4.78, 5) is 50.8. The Labute approximate surface area is 241 Å². The predicted octanol–water partition coefficient (Wildman–Crippen LogP) is 3.42. The Balaban J connectivity index is 1.16. The molecule has 3 aliphatic rings. The van der Waals surface area contributed by atoms with Crippen molar-refractivity contribution in [3.05, 3.63) is 52.8 Å². The van der Waals surface area contributed by atoms with Crippen molar-refractivity contribution >= 4 is 23.7 Å². The third kappa shape index (κ3) is 6.69. The van der Waals surface area contributed by atoms with E-state index in [1.807, 2.05) is 23.1 Å². The summed E-state index contributed by atoms with van der Waals surface area (Å²) in [5.74, 6) is 0.340. The standard InChI is InChI=1S/C31H42N6O4/c1-19-27(20(2)33-31(32-19)34-21(3)30(40)41)29(39)37-17-24-15-36(16-25(24)18-37)14-13-26(22-9-5-4-6-10-22)35-28(38)23-11-7-8-12-23/h4-6,9-10,21,23-26H,7-8,11-18H2,1-3H3,(H,35,38)(H,40,41)(H,32,33,34)/t21-,24?,25?,26+/m1/s1. The van der Waals surface area contributed by atoms with Gasteiger partial charge in [0.15, 0.2) is 0 Å². The van der Waals surface area contributed by atoms with E-state index in [1.54, 1.807) is 13.8 Å². The van der Waals surface area contributed by atoms with E-state index in [4.69, 9.17) is 5.11 Å². The third-order valence-corrected chi connectivity index (χ3v) is 9.03. The largest absolute Gasteiger partial charge is 0.480 e. The van der Waals surface area contributed by atoms with Crippen LogP contribution in [0.4, 0.5) is 5.95 Å². The number of nitrogens with one attached hydrogen (secondary N) is 2. The van der Waals surface area contributed by atoms with Crippen LogP contribution in [-0.4, -0.2) is 81.4 Å². The summed E-state index contributed by atoms with van der Waals surface area (Å²) in [5.41, 5.74) is 2.75. The second-order valence-electron chi connectivity index (χ2n) is 12.0. The fourth-order valence-electron chi connectivity index (χ4n) is 6.74. The molecule has 1 aliphatic carbocycles. The fourth-order valence-corrected chi connectivity index (χ4v) is 6.74. The van der Waals surface area contributed by atoms with Crippen LogP contribution < -0.4 is 10.6 Å². The first-order valence-corrected chi connectivity index (χ1v) is 14.9. The van der Waals surface area contributed by atoms with Gasteiger partial charge in [-0.25, -0.2) is 9.97 Å². The minimum Gasteiger partial charge on any atom is -0.480 e. The van der Waals surface area contributed by atoms with Crippen LogP contribution in [-0.2, 0) is 9.59 Å². The average molecular weight is 563 g/mol. The van der Waals surface area contributed by atoms with Gasteiger partial charge in [0, 0.05) is 38.6 Å². The molecule has 41 heavy (non-hydrogen) atoms. The van der Waals surface area contributed by atoms with Crippen molar-refractivity contribution < 1.29 is 19.5 Å². The number of hydrogen-bond donors (Lipinski definition) is 3. The van der Waals surface area contributed by atoms with Gasteiger partial charge in [-0.2, -0.15) is 0 Å².